The summed E-state index contributed by atoms with van der Waals surface area (Å²) in [5, 5.41) is 0. The minimum absolute atomic E-state index is 0.0984. The first-order chi connectivity index (χ1) is 6.20. The van der Waals surface area contributed by atoms with Gasteiger partial charge in [0.1, 0.15) is 0 Å². The van der Waals surface area contributed by atoms with Crippen molar-refractivity contribution in [3.8, 4) is 0 Å². The van der Waals surface area contributed by atoms with Crippen LogP contribution >= 0.6 is 24.2 Å². The van der Waals surface area contributed by atoms with Crippen molar-refractivity contribution in [2.24, 2.45) is 0 Å². The van der Waals surface area contributed by atoms with E-state index in [1.54, 1.807) is 0 Å². The van der Waals surface area contributed by atoms with Crippen molar-refractivity contribution in [2.45, 2.75) is 24.1 Å². The molecular formula is C10H11ClOS. The Labute approximate surface area is 88.5 Å². The van der Waals surface area contributed by atoms with Gasteiger partial charge in [-0.25, -0.2) is 0 Å². The van der Waals surface area contributed by atoms with Crippen LogP contribution in [0.5, 0.6) is 0 Å². The van der Waals surface area contributed by atoms with E-state index in [9.17, 15) is 4.79 Å². The lowest BCUT2D eigenvalue weighted by molar-refractivity contribution is 0.0984. The summed E-state index contributed by atoms with van der Waals surface area (Å²) in [6, 6.07) is 5.52. The third kappa shape index (κ3) is 2.26. The molecule has 0 bridgehead atoms. The molecular weight excluding hydrogens is 204 g/mol. The highest BCUT2D eigenvalue weighted by atomic mass is 35.5. The zero-order valence-corrected chi connectivity index (χ0v) is 9.03. The standard InChI is InChI=1S/C10H11ClOS/c1-2-8(12)10-7(6-11)4-3-5-9(10)13/h3-5,13H,2,6H2,1H3. The molecule has 0 heterocycles. The van der Waals surface area contributed by atoms with Crippen LogP contribution in [-0.4, -0.2) is 5.78 Å². The molecule has 1 aromatic rings. The molecule has 13 heavy (non-hydrogen) atoms. The third-order valence-corrected chi connectivity index (χ3v) is 2.53. The minimum atomic E-state index is 0.0984. The van der Waals surface area contributed by atoms with Gasteiger partial charge in [0.15, 0.2) is 5.78 Å². The molecule has 0 saturated heterocycles. The van der Waals surface area contributed by atoms with Crippen LogP contribution in [-0.2, 0) is 5.88 Å². The number of thiol groups is 1. The van der Waals surface area contributed by atoms with Crippen LogP contribution in [0.2, 0.25) is 0 Å². The van der Waals surface area contributed by atoms with Gasteiger partial charge < -0.3 is 0 Å². The van der Waals surface area contributed by atoms with Crippen molar-refractivity contribution in [3.05, 3.63) is 29.3 Å². The summed E-state index contributed by atoms with van der Waals surface area (Å²) >= 11 is 9.95. The fraction of sp³-hybridized carbons (Fsp3) is 0.300. The molecule has 0 aliphatic heterocycles. The zero-order chi connectivity index (χ0) is 9.84. The third-order valence-electron chi connectivity index (χ3n) is 1.87. The summed E-state index contributed by atoms with van der Waals surface area (Å²) in [5.41, 5.74) is 1.53. The second-order valence-electron chi connectivity index (χ2n) is 2.72. The van der Waals surface area contributed by atoms with Gasteiger partial charge in [-0.05, 0) is 11.6 Å². The fourth-order valence-corrected chi connectivity index (χ4v) is 1.77. The average molecular weight is 215 g/mol. The van der Waals surface area contributed by atoms with Crippen molar-refractivity contribution < 1.29 is 4.79 Å². The molecule has 1 rings (SSSR count). The van der Waals surface area contributed by atoms with E-state index >= 15 is 0 Å². The van der Waals surface area contributed by atoms with Crippen molar-refractivity contribution in [1.82, 2.24) is 0 Å². The molecule has 1 aromatic carbocycles. The molecule has 0 aromatic heterocycles. The monoisotopic (exact) mass is 214 g/mol. The zero-order valence-electron chi connectivity index (χ0n) is 7.38. The first kappa shape index (κ1) is 10.6. The van der Waals surface area contributed by atoms with Gasteiger partial charge in [0.25, 0.3) is 0 Å². The summed E-state index contributed by atoms with van der Waals surface area (Å²) in [7, 11) is 0. The van der Waals surface area contributed by atoms with E-state index in [0.29, 0.717) is 22.8 Å². The number of halogens is 1. The molecule has 0 fully saturated rings. The van der Waals surface area contributed by atoms with Crippen LogP contribution in [0.3, 0.4) is 0 Å². The SMILES string of the molecule is CCC(=O)c1c(S)cccc1CCl. The fourth-order valence-electron chi connectivity index (χ4n) is 1.20. The number of benzene rings is 1. The molecule has 70 valence electrons. The van der Waals surface area contributed by atoms with E-state index in [1.807, 2.05) is 25.1 Å². The highest BCUT2D eigenvalue weighted by Crippen LogP contribution is 2.21. The van der Waals surface area contributed by atoms with Crippen molar-refractivity contribution in [3.63, 3.8) is 0 Å². The van der Waals surface area contributed by atoms with Gasteiger partial charge in [0.05, 0.1) is 0 Å². The predicted molar refractivity (Wildman–Crippen MR) is 57.9 cm³/mol. The maximum Gasteiger partial charge on any atom is 0.164 e. The Morgan fingerprint density at radius 3 is 2.77 bits per heavy atom. The highest BCUT2D eigenvalue weighted by Gasteiger charge is 2.11. The van der Waals surface area contributed by atoms with Crippen LogP contribution in [0.4, 0.5) is 0 Å². The molecule has 0 unspecified atom stereocenters. The molecule has 0 aliphatic rings. The Morgan fingerprint density at radius 2 is 2.23 bits per heavy atom. The first-order valence-corrected chi connectivity index (χ1v) is 5.08. The van der Waals surface area contributed by atoms with Crippen LogP contribution in [0, 0.1) is 0 Å². The first-order valence-electron chi connectivity index (χ1n) is 4.10. The summed E-state index contributed by atoms with van der Waals surface area (Å²) in [6.07, 6.45) is 0.488. The number of Topliss-reactive ketones (excluding diaryl/α,β-unsaturated/α-hetero) is 1. The molecule has 0 amide bonds. The van der Waals surface area contributed by atoms with Crippen molar-refractivity contribution >= 4 is 30.0 Å². The van der Waals surface area contributed by atoms with Crippen LogP contribution in [0.25, 0.3) is 0 Å². The van der Waals surface area contributed by atoms with Crippen molar-refractivity contribution in [2.75, 3.05) is 0 Å². The molecule has 0 N–H and O–H groups in total. The second-order valence-corrected chi connectivity index (χ2v) is 3.47. The van der Waals surface area contributed by atoms with E-state index in [0.717, 1.165) is 5.56 Å². The summed E-state index contributed by atoms with van der Waals surface area (Å²) in [6.45, 7) is 1.83. The molecule has 1 nitrogen and oxygen atoms in total. The Hall–Kier alpha value is -0.470. The maximum absolute atomic E-state index is 11.5. The Balaban J connectivity index is 3.22. The number of hydrogen-bond acceptors (Lipinski definition) is 2. The predicted octanol–water partition coefficient (Wildman–Crippen LogP) is 3.31. The smallest absolute Gasteiger partial charge is 0.164 e. The van der Waals surface area contributed by atoms with E-state index in [1.165, 1.54) is 0 Å². The Kier molecular flexibility index (Phi) is 3.82. The molecule has 0 saturated carbocycles. The quantitative estimate of drug-likeness (QED) is 0.464. The number of carbonyl (C=O) groups excluding carboxylic acids is 1. The number of ketones is 1. The molecule has 3 heteroatoms. The summed E-state index contributed by atoms with van der Waals surface area (Å²) in [5.74, 6) is 0.455. The lowest BCUT2D eigenvalue weighted by atomic mass is 10.0. The number of carbonyl (C=O) groups is 1. The Morgan fingerprint density at radius 1 is 1.54 bits per heavy atom. The van der Waals surface area contributed by atoms with E-state index in [4.69, 9.17) is 11.6 Å². The van der Waals surface area contributed by atoms with E-state index < -0.39 is 0 Å². The molecule has 0 radical (unpaired) electrons. The van der Waals surface area contributed by atoms with E-state index in [-0.39, 0.29) is 5.78 Å². The lowest BCUT2D eigenvalue weighted by Crippen LogP contribution is -2.02. The summed E-state index contributed by atoms with van der Waals surface area (Å²) < 4.78 is 0. The van der Waals surface area contributed by atoms with Crippen LogP contribution in [0.15, 0.2) is 23.1 Å². The van der Waals surface area contributed by atoms with Crippen LogP contribution < -0.4 is 0 Å². The number of rotatable bonds is 3. The molecule has 0 spiro atoms. The van der Waals surface area contributed by atoms with Gasteiger partial charge >= 0.3 is 0 Å². The largest absolute Gasteiger partial charge is 0.294 e. The van der Waals surface area contributed by atoms with E-state index in [2.05, 4.69) is 12.6 Å². The normalized spacial score (nSPS) is 10.1. The molecule has 0 aliphatic carbocycles. The van der Waals surface area contributed by atoms with Gasteiger partial charge in [-0.3, -0.25) is 4.79 Å². The minimum Gasteiger partial charge on any atom is -0.294 e. The van der Waals surface area contributed by atoms with Gasteiger partial charge in [0.2, 0.25) is 0 Å². The highest BCUT2D eigenvalue weighted by molar-refractivity contribution is 7.80. The topological polar surface area (TPSA) is 17.1 Å². The average Bonchev–Trinajstić information content (AvgIpc) is 2.16. The maximum atomic E-state index is 11.5. The van der Waals surface area contributed by atoms with Crippen LogP contribution in [0.1, 0.15) is 29.3 Å². The van der Waals surface area contributed by atoms with Crippen molar-refractivity contribution in [1.29, 1.82) is 0 Å². The van der Waals surface area contributed by atoms with Gasteiger partial charge in [-0.1, -0.05) is 19.1 Å². The Bertz CT molecular complexity index is 323. The molecule has 0 atom stereocenters. The number of alkyl halides is 1. The summed E-state index contributed by atoms with van der Waals surface area (Å²) in [4.78, 5) is 12.2. The van der Waals surface area contributed by atoms with Gasteiger partial charge in [-0.15, -0.1) is 24.2 Å². The van der Waals surface area contributed by atoms with Gasteiger partial charge in [0, 0.05) is 22.8 Å². The lowest BCUT2D eigenvalue weighted by Gasteiger charge is -2.07. The van der Waals surface area contributed by atoms with Gasteiger partial charge in [-0.2, -0.15) is 0 Å². The number of hydrogen-bond donors (Lipinski definition) is 1. The second kappa shape index (κ2) is 4.68.